The van der Waals surface area contributed by atoms with Gasteiger partial charge in [0.15, 0.2) is 6.10 Å². The highest BCUT2D eigenvalue weighted by molar-refractivity contribution is 5.89. The Bertz CT molecular complexity index is 1630. The second-order valence-corrected chi connectivity index (χ2v) is 12.0. The number of hydrogen-bond acceptors (Lipinski definition) is 6. The van der Waals surface area contributed by atoms with Crippen LogP contribution in [-0.4, -0.2) is 53.2 Å². The monoisotopic (exact) mass is 608 g/mol. The summed E-state index contributed by atoms with van der Waals surface area (Å²) in [6, 6.07) is 26.9. The maximum atomic E-state index is 13.7. The Hall–Kier alpha value is -4.69. The first-order valence-corrected chi connectivity index (χ1v) is 15.5. The summed E-state index contributed by atoms with van der Waals surface area (Å²) in [6.45, 7) is 3.81. The molecule has 4 aromatic rings. The highest BCUT2D eigenvalue weighted by Crippen LogP contribution is 2.27. The third-order valence-electron chi connectivity index (χ3n) is 7.94. The number of ether oxygens (including phenoxy) is 2. The highest BCUT2D eigenvalue weighted by atomic mass is 16.5. The average Bonchev–Trinajstić information content (AvgIpc) is 3.51. The summed E-state index contributed by atoms with van der Waals surface area (Å²) in [6.07, 6.45) is 1.66. The molecule has 0 aliphatic heterocycles. The van der Waals surface area contributed by atoms with E-state index in [1.54, 1.807) is 6.07 Å². The number of aliphatic hydroxyl groups excluding tert-OH is 1. The number of esters is 2. The van der Waals surface area contributed by atoms with Gasteiger partial charge in [0.25, 0.3) is 0 Å². The molecule has 0 bridgehead atoms. The highest BCUT2D eigenvalue weighted by Gasteiger charge is 2.30. The fourth-order valence-corrected chi connectivity index (χ4v) is 5.71. The van der Waals surface area contributed by atoms with Crippen molar-refractivity contribution in [2.75, 3.05) is 13.1 Å². The molecule has 0 heterocycles. The third kappa shape index (κ3) is 8.48. The lowest BCUT2D eigenvalue weighted by atomic mass is 9.98. The molecule has 1 aliphatic carbocycles. The van der Waals surface area contributed by atoms with Gasteiger partial charge in [-0.1, -0.05) is 92.7 Å². The minimum absolute atomic E-state index is 0.00868. The lowest BCUT2D eigenvalue weighted by molar-refractivity contribution is -0.155. The summed E-state index contributed by atoms with van der Waals surface area (Å²) in [7, 11) is 0. The SMILES string of the molecule is CC(C)CN(CC(O)C(=O)OCc1ccccc1)C(=O)N[C@@H](Cc1cccc2ccccc12)C(=O)Oc1ccc2c(c1)CCC2. The number of carbonyl (C=O) groups excluding carboxylic acids is 3. The summed E-state index contributed by atoms with van der Waals surface area (Å²) in [5, 5.41) is 15.6. The molecule has 0 fully saturated rings. The van der Waals surface area contributed by atoms with Crippen LogP contribution in [0.3, 0.4) is 0 Å². The van der Waals surface area contributed by atoms with Crippen LogP contribution >= 0.6 is 0 Å². The van der Waals surface area contributed by atoms with Gasteiger partial charge in [0.1, 0.15) is 18.4 Å². The van der Waals surface area contributed by atoms with Crippen molar-refractivity contribution >= 4 is 28.7 Å². The van der Waals surface area contributed by atoms with E-state index in [1.807, 2.05) is 98.8 Å². The van der Waals surface area contributed by atoms with Crippen molar-refractivity contribution in [3.8, 4) is 5.75 Å². The fraction of sp³-hybridized carbons (Fsp3) is 0.324. The number of urea groups is 1. The number of hydrogen-bond donors (Lipinski definition) is 2. The summed E-state index contributed by atoms with van der Waals surface area (Å²) in [5.41, 5.74) is 4.10. The molecule has 8 heteroatoms. The molecule has 0 spiro atoms. The first-order chi connectivity index (χ1) is 21.8. The standard InChI is InChI=1S/C37H40N2O6/c1-25(2)22-39(23-34(40)36(42)44-24-26-10-4-3-5-11-26)37(43)38-33(21-30-16-9-14-28-12-6-7-17-32(28)30)35(41)45-31-19-18-27-13-8-15-29(27)20-31/h3-7,9-12,14,16-20,25,33-34,40H,8,13,15,21-24H2,1-2H3,(H,38,43)/t33-,34?/m0/s1. The fourth-order valence-electron chi connectivity index (χ4n) is 5.71. The van der Waals surface area contributed by atoms with Crippen LogP contribution in [0.5, 0.6) is 5.75 Å². The van der Waals surface area contributed by atoms with Crippen LogP contribution in [0.1, 0.15) is 42.5 Å². The molecule has 0 aromatic heterocycles. The van der Waals surface area contributed by atoms with Gasteiger partial charge in [-0.05, 0) is 70.3 Å². The van der Waals surface area contributed by atoms with E-state index < -0.39 is 30.1 Å². The van der Waals surface area contributed by atoms with Gasteiger partial charge in [-0.15, -0.1) is 0 Å². The van der Waals surface area contributed by atoms with Gasteiger partial charge < -0.3 is 24.8 Å². The molecule has 4 aromatic carbocycles. The van der Waals surface area contributed by atoms with Crippen molar-refractivity contribution in [3.05, 3.63) is 113 Å². The number of carbonyl (C=O) groups is 3. The first kappa shape index (κ1) is 31.7. The van der Waals surface area contributed by atoms with E-state index in [9.17, 15) is 19.5 Å². The number of nitrogens with one attached hydrogen (secondary N) is 1. The second kappa shape index (κ2) is 14.9. The maximum Gasteiger partial charge on any atom is 0.337 e. The number of fused-ring (bicyclic) bond motifs is 2. The lowest BCUT2D eigenvalue weighted by Gasteiger charge is -2.28. The largest absolute Gasteiger partial charge is 0.459 e. The molecule has 234 valence electrons. The van der Waals surface area contributed by atoms with Crippen molar-refractivity contribution in [1.29, 1.82) is 0 Å². The van der Waals surface area contributed by atoms with Crippen LogP contribution in [0.4, 0.5) is 4.79 Å². The Morgan fingerprint density at radius 2 is 1.58 bits per heavy atom. The Kier molecular flexibility index (Phi) is 10.5. The van der Waals surface area contributed by atoms with Crippen LogP contribution in [-0.2, 0) is 40.2 Å². The second-order valence-electron chi connectivity index (χ2n) is 12.0. The molecule has 2 N–H and O–H groups in total. The maximum absolute atomic E-state index is 13.7. The van der Waals surface area contributed by atoms with Crippen LogP contribution in [0.25, 0.3) is 10.8 Å². The summed E-state index contributed by atoms with van der Waals surface area (Å²) in [5.74, 6) is -0.961. The van der Waals surface area contributed by atoms with Crippen molar-refractivity contribution in [2.24, 2.45) is 5.92 Å². The number of aryl methyl sites for hydroxylation is 2. The number of nitrogens with zero attached hydrogens (tertiary/aromatic N) is 1. The molecular weight excluding hydrogens is 568 g/mol. The Labute approximate surface area is 264 Å². The quantitative estimate of drug-likeness (QED) is 0.160. The molecule has 1 aliphatic rings. The lowest BCUT2D eigenvalue weighted by Crippen LogP contribution is -2.53. The van der Waals surface area contributed by atoms with E-state index in [4.69, 9.17) is 9.47 Å². The van der Waals surface area contributed by atoms with Crippen LogP contribution < -0.4 is 10.1 Å². The van der Waals surface area contributed by atoms with E-state index in [1.165, 1.54) is 16.0 Å². The molecule has 0 saturated heterocycles. The van der Waals surface area contributed by atoms with Gasteiger partial charge >= 0.3 is 18.0 Å². The van der Waals surface area contributed by atoms with Gasteiger partial charge in [0, 0.05) is 13.0 Å². The van der Waals surface area contributed by atoms with Gasteiger partial charge in [-0.25, -0.2) is 14.4 Å². The first-order valence-electron chi connectivity index (χ1n) is 15.5. The molecule has 2 atom stereocenters. The van der Waals surface area contributed by atoms with Crippen LogP contribution in [0.15, 0.2) is 91.0 Å². The minimum Gasteiger partial charge on any atom is -0.459 e. The molecule has 2 amide bonds. The van der Waals surface area contributed by atoms with Crippen LogP contribution in [0.2, 0.25) is 0 Å². The number of aliphatic hydroxyl groups is 1. The molecule has 45 heavy (non-hydrogen) atoms. The number of rotatable bonds is 12. The molecule has 8 nitrogen and oxygen atoms in total. The average molecular weight is 609 g/mol. The smallest absolute Gasteiger partial charge is 0.337 e. The summed E-state index contributed by atoms with van der Waals surface area (Å²) < 4.78 is 11.1. The zero-order valence-electron chi connectivity index (χ0n) is 25.8. The molecule has 5 rings (SSSR count). The van der Waals surface area contributed by atoms with Gasteiger partial charge in [-0.2, -0.15) is 0 Å². The number of amides is 2. The van der Waals surface area contributed by atoms with Crippen molar-refractivity contribution in [2.45, 2.75) is 58.3 Å². The topological polar surface area (TPSA) is 105 Å². The van der Waals surface area contributed by atoms with E-state index in [-0.39, 0.29) is 32.0 Å². The Morgan fingerprint density at radius 3 is 2.38 bits per heavy atom. The predicted molar refractivity (Wildman–Crippen MR) is 173 cm³/mol. The van der Waals surface area contributed by atoms with E-state index >= 15 is 0 Å². The van der Waals surface area contributed by atoms with E-state index in [2.05, 4.69) is 5.32 Å². The Balaban J connectivity index is 1.33. The van der Waals surface area contributed by atoms with E-state index in [0.29, 0.717) is 5.75 Å². The molecule has 0 radical (unpaired) electrons. The van der Waals surface area contributed by atoms with Crippen molar-refractivity contribution in [3.63, 3.8) is 0 Å². The van der Waals surface area contributed by atoms with Crippen molar-refractivity contribution < 1.29 is 29.0 Å². The predicted octanol–water partition coefficient (Wildman–Crippen LogP) is 5.62. The van der Waals surface area contributed by atoms with Crippen LogP contribution in [0, 0.1) is 5.92 Å². The zero-order chi connectivity index (χ0) is 31.8. The minimum atomic E-state index is -1.56. The van der Waals surface area contributed by atoms with Gasteiger partial charge in [-0.3, -0.25) is 0 Å². The summed E-state index contributed by atoms with van der Waals surface area (Å²) in [4.78, 5) is 41.4. The van der Waals surface area contributed by atoms with Crippen molar-refractivity contribution in [1.82, 2.24) is 10.2 Å². The van der Waals surface area contributed by atoms with E-state index in [0.717, 1.165) is 41.2 Å². The van der Waals surface area contributed by atoms with Gasteiger partial charge in [0.05, 0.1) is 6.54 Å². The molecule has 0 saturated carbocycles. The normalized spacial score (nSPS) is 13.6. The number of benzene rings is 4. The molecular formula is C37H40N2O6. The van der Waals surface area contributed by atoms with Gasteiger partial charge in [0.2, 0.25) is 0 Å². The Morgan fingerprint density at radius 1 is 0.844 bits per heavy atom. The third-order valence-corrected chi connectivity index (χ3v) is 7.94. The zero-order valence-corrected chi connectivity index (χ0v) is 25.8. The molecule has 1 unspecified atom stereocenters. The summed E-state index contributed by atoms with van der Waals surface area (Å²) >= 11 is 0.